The predicted octanol–water partition coefficient (Wildman–Crippen LogP) is 5.55. The van der Waals surface area contributed by atoms with Crippen LogP contribution >= 0.6 is 0 Å². The lowest BCUT2D eigenvalue weighted by Crippen LogP contribution is -2.03. The molecule has 2 aromatic rings. The van der Waals surface area contributed by atoms with Gasteiger partial charge in [-0.05, 0) is 55.2 Å². The number of aromatic nitrogens is 1. The average Bonchev–Trinajstić information content (AvgIpc) is 2.59. The molecule has 2 rings (SSSR count). The van der Waals surface area contributed by atoms with Crippen LogP contribution in [0.2, 0.25) is 0 Å². The Morgan fingerprint density at radius 2 is 1.57 bits per heavy atom. The van der Waals surface area contributed by atoms with Gasteiger partial charge < -0.3 is 5.73 Å². The Morgan fingerprint density at radius 3 is 1.91 bits per heavy atom. The number of allylic oxidation sites excluding steroid dienone is 1. The molecule has 2 nitrogen and oxygen atoms in total. The van der Waals surface area contributed by atoms with Gasteiger partial charge in [0.2, 0.25) is 0 Å². The summed E-state index contributed by atoms with van der Waals surface area (Å²) in [5.74, 6) is 0. The highest BCUT2D eigenvalue weighted by Gasteiger charge is 1.99. The molecule has 1 aromatic carbocycles. The van der Waals surface area contributed by atoms with Gasteiger partial charge in [-0.3, -0.25) is 4.98 Å². The fourth-order valence-corrected chi connectivity index (χ4v) is 1.74. The molecule has 23 heavy (non-hydrogen) atoms. The maximum absolute atomic E-state index is 5.62. The Bertz CT molecular complexity index is 543. The zero-order valence-corrected chi connectivity index (χ0v) is 15.3. The molecule has 0 spiro atoms. The molecule has 1 aromatic heterocycles. The van der Waals surface area contributed by atoms with Crippen LogP contribution in [0, 0.1) is 13.8 Å². The Hall–Kier alpha value is -1.93. The van der Waals surface area contributed by atoms with Gasteiger partial charge in [-0.15, -0.1) is 0 Å². The Kier molecular flexibility index (Phi) is 12.6. The predicted molar refractivity (Wildman–Crippen MR) is 103 cm³/mol. The number of hydrogen-bond acceptors (Lipinski definition) is 2. The minimum Gasteiger partial charge on any atom is -0.326 e. The normalized spacial score (nSPS) is 10.1. The van der Waals surface area contributed by atoms with E-state index in [2.05, 4.69) is 44.0 Å². The summed E-state index contributed by atoms with van der Waals surface area (Å²) in [6.07, 6.45) is 8.28. The first-order valence-corrected chi connectivity index (χ1v) is 8.38. The zero-order valence-electron chi connectivity index (χ0n) is 15.3. The molecule has 0 aliphatic carbocycles. The number of hydrogen-bond donors (Lipinski definition) is 1. The third kappa shape index (κ3) is 9.64. The van der Waals surface area contributed by atoms with Crippen molar-refractivity contribution in [2.75, 3.05) is 6.54 Å². The maximum atomic E-state index is 5.62. The second-order valence-electron chi connectivity index (χ2n) is 5.36. The van der Waals surface area contributed by atoms with Crippen molar-refractivity contribution in [2.45, 2.75) is 47.5 Å². The SMILES string of the molecule is C/C=C(/CN)c1ccccc1C.CCCC.Cc1ccncc1. The lowest BCUT2D eigenvalue weighted by atomic mass is 10.0. The van der Waals surface area contributed by atoms with Crippen molar-refractivity contribution in [3.8, 4) is 0 Å². The van der Waals surface area contributed by atoms with E-state index in [1.807, 2.05) is 38.1 Å². The van der Waals surface area contributed by atoms with E-state index < -0.39 is 0 Å². The van der Waals surface area contributed by atoms with Gasteiger partial charge >= 0.3 is 0 Å². The van der Waals surface area contributed by atoms with E-state index in [1.54, 1.807) is 12.4 Å². The summed E-state index contributed by atoms with van der Waals surface area (Å²) in [6, 6.07) is 12.2. The molecule has 0 atom stereocenters. The van der Waals surface area contributed by atoms with Crippen LogP contribution in [0.25, 0.3) is 5.57 Å². The van der Waals surface area contributed by atoms with Crippen LogP contribution in [0.3, 0.4) is 0 Å². The topological polar surface area (TPSA) is 38.9 Å². The van der Waals surface area contributed by atoms with Crippen LogP contribution < -0.4 is 5.73 Å². The first-order chi connectivity index (χ1) is 11.1. The molecule has 0 radical (unpaired) electrons. The number of rotatable bonds is 3. The highest BCUT2D eigenvalue weighted by atomic mass is 14.6. The standard InChI is InChI=1S/C11H15N.C6H7N.C4H10/c1-3-10(8-12)11-7-5-4-6-9(11)2;1-6-2-4-7-5-3-6;1-3-4-2/h3-7H,8,12H2,1-2H3;2-5H,1H3;3-4H2,1-2H3/b10-3-;;. The molecule has 0 fully saturated rings. The van der Waals surface area contributed by atoms with Gasteiger partial charge in [-0.25, -0.2) is 0 Å². The van der Waals surface area contributed by atoms with E-state index >= 15 is 0 Å². The summed E-state index contributed by atoms with van der Waals surface area (Å²) in [5, 5.41) is 0. The number of unbranched alkanes of at least 4 members (excludes halogenated alkanes) is 1. The minimum absolute atomic E-state index is 0.612. The van der Waals surface area contributed by atoms with E-state index in [-0.39, 0.29) is 0 Å². The fraction of sp³-hybridized carbons (Fsp3) is 0.381. The maximum Gasteiger partial charge on any atom is 0.0270 e. The molecule has 0 aliphatic rings. The molecular formula is C21H32N2. The van der Waals surface area contributed by atoms with Crippen LogP contribution in [0.1, 0.15) is 50.3 Å². The number of pyridine rings is 1. The fourth-order valence-electron chi connectivity index (χ4n) is 1.74. The first kappa shape index (κ1) is 21.1. The van der Waals surface area contributed by atoms with Crippen molar-refractivity contribution < 1.29 is 0 Å². The van der Waals surface area contributed by atoms with Crippen LogP contribution in [0.5, 0.6) is 0 Å². The monoisotopic (exact) mass is 312 g/mol. The summed E-state index contributed by atoms with van der Waals surface area (Å²) in [5.41, 5.74) is 10.6. The molecule has 0 aliphatic heterocycles. The van der Waals surface area contributed by atoms with Crippen molar-refractivity contribution in [3.63, 3.8) is 0 Å². The number of nitrogens with zero attached hydrogens (tertiary/aromatic N) is 1. The van der Waals surface area contributed by atoms with E-state index in [0.29, 0.717) is 6.54 Å². The van der Waals surface area contributed by atoms with Crippen molar-refractivity contribution in [1.29, 1.82) is 0 Å². The molecule has 126 valence electrons. The van der Waals surface area contributed by atoms with Gasteiger partial charge in [0.1, 0.15) is 0 Å². The van der Waals surface area contributed by atoms with Crippen LogP contribution in [-0.4, -0.2) is 11.5 Å². The molecule has 0 saturated carbocycles. The van der Waals surface area contributed by atoms with Gasteiger partial charge in [-0.1, -0.05) is 57.0 Å². The molecule has 0 unspecified atom stereocenters. The molecule has 0 saturated heterocycles. The summed E-state index contributed by atoms with van der Waals surface area (Å²) >= 11 is 0. The van der Waals surface area contributed by atoms with Gasteiger partial charge in [0.15, 0.2) is 0 Å². The smallest absolute Gasteiger partial charge is 0.0270 e. The number of benzene rings is 1. The summed E-state index contributed by atoms with van der Waals surface area (Å²) in [4.78, 5) is 3.85. The molecule has 0 bridgehead atoms. The molecule has 0 amide bonds. The number of aryl methyl sites for hydroxylation is 2. The van der Waals surface area contributed by atoms with Crippen LogP contribution in [0.4, 0.5) is 0 Å². The van der Waals surface area contributed by atoms with Crippen molar-refractivity contribution in [1.82, 2.24) is 4.98 Å². The molecule has 2 heteroatoms. The summed E-state index contributed by atoms with van der Waals surface area (Å²) in [7, 11) is 0. The average molecular weight is 313 g/mol. The Labute approximate surface area is 142 Å². The third-order valence-electron chi connectivity index (χ3n) is 3.41. The highest BCUT2D eigenvalue weighted by molar-refractivity contribution is 5.68. The van der Waals surface area contributed by atoms with Crippen LogP contribution in [-0.2, 0) is 0 Å². The largest absolute Gasteiger partial charge is 0.326 e. The quantitative estimate of drug-likeness (QED) is 0.806. The third-order valence-corrected chi connectivity index (χ3v) is 3.41. The second-order valence-corrected chi connectivity index (χ2v) is 5.36. The van der Waals surface area contributed by atoms with Gasteiger partial charge in [-0.2, -0.15) is 0 Å². The highest BCUT2D eigenvalue weighted by Crippen LogP contribution is 2.16. The van der Waals surface area contributed by atoms with Gasteiger partial charge in [0.25, 0.3) is 0 Å². The Balaban J connectivity index is 0.000000371. The van der Waals surface area contributed by atoms with Crippen LogP contribution in [0.15, 0.2) is 54.9 Å². The van der Waals surface area contributed by atoms with E-state index in [1.165, 1.54) is 35.1 Å². The van der Waals surface area contributed by atoms with E-state index in [9.17, 15) is 0 Å². The van der Waals surface area contributed by atoms with E-state index in [0.717, 1.165) is 0 Å². The van der Waals surface area contributed by atoms with Gasteiger partial charge in [0, 0.05) is 18.9 Å². The van der Waals surface area contributed by atoms with Crippen molar-refractivity contribution in [2.24, 2.45) is 5.73 Å². The molecule has 1 heterocycles. The minimum atomic E-state index is 0.612. The zero-order chi connectivity index (χ0) is 17.5. The Morgan fingerprint density at radius 1 is 1.00 bits per heavy atom. The van der Waals surface area contributed by atoms with E-state index in [4.69, 9.17) is 5.73 Å². The second kappa shape index (κ2) is 13.7. The summed E-state index contributed by atoms with van der Waals surface area (Å²) < 4.78 is 0. The molecule has 2 N–H and O–H groups in total. The van der Waals surface area contributed by atoms with Crippen molar-refractivity contribution in [3.05, 3.63) is 71.6 Å². The lowest BCUT2D eigenvalue weighted by molar-refractivity contribution is 0.886. The van der Waals surface area contributed by atoms with Gasteiger partial charge in [0.05, 0.1) is 0 Å². The first-order valence-electron chi connectivity index (χ1n) is 8.38. The number of nitrogens with two attached hydrogens (primary N) is 1. The molecular weight excluding hydrogens is 280 g/mol. The lowest BCUT2D eigenvalue weighted by Gasteiger charge is -2.06. The summed E-state index contributed by atoms with van der Waals surface area (Å²) in [6.45, 7) is 11.1. The van der Waals surface area contributed by atoms with Crippen molar-refractivity contribution >= 4 is 5.57 Å².